The monoisotopic (exact) mass is 337 g/mol. The number of nitro benzene ring substituents is 1. The van der Waals surface area contributed by atoms with Gasteiger partial charge in [-0.3, -0.25) is 15.0 Å². The van der Waals surface area contributed by atoms with Crippen molar-refractivity contribution in [3.05, 3.63) is 27.8 Å². The summed E-state index contributed by atoms with van der Waals surface area (Å²) in [6.45, 7) is 7.98. The number of phenols is 1. The molecule has 0 spiro atoms. The lowest BCUT2D eigenvalue weighted by atomic mass is 9.95. The average Bonchev–Trinajstić information content (AvgIpc) is 2.56. The van der Waals surface area contributed by atoms with Gasteiger partial charge in [-0.1, -0.05) is 13.8 Å². The summed E-state index contributed by atoms with van der Waals surface area (Å²) in [6, 6.07) is 3.31. The molecular weight excluding hydrogens is 310 g/mol. The molecule has 1 aliphatic heterocycles. The van der Waals surface area contributed by atoms with Crippen LogP contribution in [0.4, 0.5) is 5.69 Å². The van der Waals surface area contributed by atoms with Crippen LogP contribution in [0.5, 0.6) is 11.5 Å². The molecule has 2 N–H and O–H groups in total. The van der Waals surface area contributed by atoms with E-state index in [0.717, 1.165) is 44.6 Å². The lowest BCUT2D eigenvalue weighted by molar-refractivity contribution is -0.386. The van der Waals surface area contributed by atoms with Crippen LogP contribution in [-0.4, -0.2) is 48.2 Å². The topological polar surface area (TPSA) is 87.9 Å². The first-order valence-corrected chi connectivity index (χ1v) is 8.44. The number of rotatable bonds is 7. The van der Waals surface area contributed by atoms with E-state index in [0.29, 0.717) is 5.92 Å². The highest BCUT2D eigenvalue weighted by atomic mass is 16.6. The SMILES string of the molecule is COc1cc([C@H](CCC(C)C)N2CCNCC2)cc([N+](=O)[O-])c1O. The Hall–Kier alpha value is -1.86. The van der Waals surface area contributed by atoms with Crippen molar-refractivity contribution < 1.29 is 14.8 Å². The standard InChI is InChI=1S/C17H27N3O4/c1-12(2)4-5-14(19-8-6-18-7-9-19)13-10-15(20(22)23)17(21)16(11-13)24-3/h10-12,14,18,21H,4-9H2,1-3H3/t14-/m0/s1. The Morgan fingerprint density at radius 2 is 2.00 bits per heavy atom. The quantitative estimate of drug-likeness (QED) is 0.587. The van der Waals surface area contributed by atoms with Gasteiger partial charge in [-0.15, -0.1) is 0 Å². The number of ether oxygens (including phenoxy) is 1. The van der Waals surface area contributed by atoms with Crippen molar-refractivity contribution in [1.29, 1.82) is 0 Å². The Balaban J connectivity index is 2.39. The van der Waals surface area contributed by atoms with Crippen molar-refractivity contribution in [2.24, 2.45) is 5.92 Å². The van der Waals surface area contributed by atoms with Gasteiger partial charge in [0.05, 0.1) is 12.0 Å². The minimum atomic E-state index is -0.557. The molecule has 7 nitrogen and oxygen atoms in total. The number of nitrogens with one attached hydrogen (secondary N) is 1. The third-order valence-corrected chi connectivity index (χ3v) is 4.49. The highest BCUT2D eigenvalue weighted by molar-refractivity contribution is 5.57. The lowest BCUT2D eigenvalue weighted by Crippen LogP contribution is -2.45. The van der Waals surface area contributed by atoms with Crippen LogP contribution in [-0.2, 0) is 0 Å². The van der Waals surface area contributed by atoms with E-state index in [1.165, 1.54) is 13.2 Å². The summed E-state index contributed by atoms with van der Waals surface area (Å²) in [5.74, 6) is 0.308. The first-order chi connectivity index (χ1) is 11.4. The highest BCUT2D eigenvalue weighted by Gasteiger charge is 2.27. The fourth-order valence-electron chi connectivity index (χ4n) is 3.15. The molecule has 24 heavy (non-hydrogen) atoms. The molecule has 7 heteroatoms. The van der Waals surface area contributed by atoms with E-state index in [-0.39, 0.29) is 17.5 Å². The zero-order valence-electron chi connectivity index (χ0n) is 14.6. The predicted octanol–water partition coefficient (Wildman–Crippen LogP) is 2.69. The van der Waals surface area contributed by atoms with Gasteiger partial charge < -0.3 is 15.2 Å². The summed E-state index contributed by atoms with van der Waals surface area (Å²) in [5, 5.41) is 24.6. The molecule has 0 amide bonds. The number of aromatic hydroxyl groups is 1. The second-order valence-electron chi connectivity index (χ2n) is 6.62. The van der Waals surface area contributed by atoms with Crippen LogP contribution in [0.15, 0.2) is 12.1 Å². The van der Waals surface area contributed by atoms with Gasteiger partial charge in [0.15, 0.2) is 5.75 Å². The summed E-state index contributed by atoms with van der Waals surface area (Å²) in [4.78, 5) is 13.1. The number of phenolic OH excluding ortho intramolecular Hbond substituents is 1. The van der Waals surface area contributed by atoms with E-state index < -0.39 is 10.7 Å². The van der Waals surface area contributed by atoms with Gasteiger partial charge in [-0.25, -0.2) is 0 Å². The molecule has 2 rings (SSSR count). The Bertz CT molecular complexity index is 571. The molecule has 0 aliphatic carbocycles. The number of methoxy groups -OCH3 is 1. The molecule has 1 atom stereocenters. The summed E-state index contributed by atoms with van der Waals surface area (Å²) in [5.41, 5.74) is 0.535. The zero-order chi connectivity index (χ0) is 17.7. The summed E-state index contributed by atoms with van der Waals surface area (Å²) >= 11 is 0. The molecule has 0 aromatic heterocycles. The minimum Gasteiger partial charge on any atom is -0.500 e. The van der Waals surface area contributed by atoms with E-state index in [1.807, 2.05) is 0 Å². The molecule has 1 aromatic carbocycles. The number of hydrogen-bond acceptors (Lipinski definition) is 6. The molecule has 0 saturated carbocycles. The van der Waals surface area contributed by atoms with Crippen LogP contribution in [0.3, 0.4) is 0 Å². The van der Waals surface area contributed by atoms with Gasteiger partial charge in [0.25, 0.3) is 0 Å². The largest absolute Gasteiger partial charge is 0.500 e. The number of piperazine rings is 1. The van der Waals surface area contributed by atoms with E-state index in [9.17, 15) is 15.2 Å². The fraction of sp³-hybridized carbons (Fsp3) is 0.647. The van der Waals surface area contributed by atoms with Crippen LogP contribution < -0.4 is 10.1 Å². The normalized spacial score (nSPS) is 17.0. The first kappa shape index (κ1) is 18.5. The Labute approximate surface area is 142 Å². The van der Waals surface area contributed by atoms with Crippen LogP contribution in [0.2, 0.25) is 0 Å². The van der Waals surface area contributed by atoms with Crippen molar-refractivity contribution in [3.8, 4) is 11.5 Å². The summed E-state index contributed by atoms with van der Waals surface area (Å²) in [6.07, 6.45) is 1.95. The molecule has 1 fully saturated rings. The molecule has 0 bridgehead atoms. The molecule has 1 aromatic rings. The van der Waals surface area contributed by atoms with Gasteiger partial charge in [-0.2, -0.15) is 0 Å². The van der Waals surface area contributed by atoms with E-state index in [2.05, 4.69) is 24.1 Å². The maximum absolute atomic E-state index is 11.3. The van der Waals surface area contributed by atoms with Crippen molar-refractivity contribution in [2.75, 3.05) is 33.3 Å². The van der Waals surface area contributed by atoms with Crippen LogP contribution in [0.25, 0.3) is 0 Å². The fourth-order valence-corrected chi connectivity index (χ4v) is 3.15. The number of nitro groups is 1. The average molecular weight is 337 g/mol. The zero-order valence-corrected chi connectivity index (χ0v) is 14.6. The van der Waals surface area contributed by atoms with Crippen LogP contribution in [0, 0.1) is 16.0 Å². The van der Waals surface area contributed by atoms with Crippen LogP contribution >= 0.6 is 0 Å². The van der Waals surface area contributed by atoms with Gasteiger partial charge in [0.1, 0.15) is 0 Å². The molecule has 1 aliphatic rings. The lowest BCUT2D eigenvalue weighted by Gasteiger charge is -2.35. The van der Waals surface area contributed by atoms with E-state index >= 15 is 0 Å². The van der Waals surface area contributed by atoms with Gasteiger partial charge >= 0.3 is 5.69 Å². The van der Waals surface area contributed by atoms with Crippen LogP contribution in [0.1, 0.15) is 38.3 Å². The Morgan fingerprint density at radius 3 is 2.54 bits per heavy atom. The summed E-state index contributed by atoms with van der Waals surface area (Å²) in [7, 11) is 1.41. The molecule has 0 radical (unpaired) electrons. The Kier molecular flexibility index (Phi) is 6.39. The molecule has 1 saturated heterocycles. The van der Waals surface area contributed by atoms with Crippen molar-refractivity contribution in [2.45, 2.75) is 32.7 Å². The maximum atomic E-state index is 11.3. The third kappa shape index (κ3) is 4.36. The van der Waals surface area contributed by atoms with Crippen molar-refractivity contribution in [3.63, 3.8) is 0 Å². The van der Waals surface area contributed by atoms with Crippen molar-refractivity contribution >= 4 is 5.69 Å². The van der Waals surface area contributed by atoms with Gasteiger partial charge in [0, 0.05) is 38.3 Å². The van der Waals surface area contributed by atoms with Crippen molar-refractivity contribution in [1.82, 2.24) is 10.2 Å². The summed E-state index contributed by atoms with van der Waals surface area (Å²) < 4.78 is 5.15. The van der Waals surface area contributed by atoms with Gasteiger partial charge in [-0.05, 0) is 30.4 Å². The molecular formula is C17H27N3O4. The molecule has 134 valence electrons. The van der Waals surface area contributed by atoms with E-state index in [4.69, 9.17) is 4.74 Å². The highest BCUT2D eigenvalue weighted by Crippen LogP contribution is 2.40. The smallest absolute Gasteiger partial charge is 0.314 e. The maximum Gasteiger partial charge on any atom is 0.314 e. The predicted molar refractivity (Wildman–Crippen MR) is 92.6 cm³/mol. The first-order valence-electron chi connectivity index (χ1n) is 8.44. The van der Waals surface area contributed by atoms with Gasteiger partial charge in [0.2, 0.25) is 5.75 Å². The van der Waals surface area contributed by atoms with E-state index in [1.54, 1.807) is 6.07 Å². The number of hydrogen-bond donors (Lipinski definition) is 2. The number of benzene rings is 1. The molecule has 1 heterocycles. The third-order valence-electron chi connectivity index (χ3n) is 4.49. The molecule has 0 unspecified atom stereocenters. The minimum absolute atomic E-state index is 0.0858. The second kappa shape index (κ2) is 8.30. The Morgan fingerprint density at radius 1 is 1.33 bits per heavy atom. The second-order valence-corrected chi connectivity index (χ2v) is 6.62. The number of nitrogens with zero attached hydrogens (tertiary/aromatic N) is 2.